The van der Waals surface area contributed by atoms with Gasteiger partial charge < -0.3 is 14.5 Å². The predicted molar refractivity (Wildman–Crippen MR) is 115 cm³/mol. The smallest absolute Gasteiger partial charge is 0.287 e. The lowest BCUT2D eigenvalue weighted by Gasteiger charge is -2.34. The largest absolute Gasteiger partial charge is 0.451 e. The maximum absolute atomic E-state index is 12.9. The van der Waals surface area contributed by atoms with Crippen LogP contribution in [0.15, 0.2) is 46.9 Å². The maximum atomic E-state index is 12.9. The Morgan fingerprint density at radius 3 is 2.59 bits per heavy atom. The van der Waals surface area contributed by atoms with E-state index in [2.05, 4.69) is 16.3 Å². The van der Waals surface area contributed by atoms with Crippen molar-refractivity contribution in [3.05, 3.63) is 69.9 Å². The molecule has 1 atom stereocenters. The first-order valence-electron chi connectivity index (χ1n) is 9.88. The van der Waals surface area contributed by atoms with Gasteiger partial charge in [-0.05, 0) is 43.7 Å². The quantitative estimate of drug-likeness (QED) is 0.670. The Bertz CT molecular complexity index is 1010. The number of nitrogens with zero attached hydrogens (tertiary/aromatic N) is 1. The Kier molecular flexibility index (Phi) is 5.90. The van der Waals surface area contributed by atoms with Crippen molar-refractivity contribution >= 4 is 28.5 Å². The average Bonchev–Trinajstić information content (AvgIpc) is 3.06. The van der Waals surface area contributed by atoms with E-state index < -0.39 is 0 Å². The topological polar surface area (TPSA) is 54.7 Å². The van der Waals surface area contributed by atoms with Gasteiger partial charge in [-0.15, -0.1) is 0 Å². The van der Waals surface area contributed by atoms with Crippen molar-refractivity contribution in [3.63, 3.8) is 0 Å². The number of fused-ring (bicyclic) bond motifs is 1. The van der Waals surface area contributed by atoms with E-state index in [4.69, 9.17) is 20.8 Å². The Hall–Kier alpha value is -2.34. The molecule has 1 saturated heterocycles. The third kappa shape index (κ3) is 4.32. The van der Waals surface area contributed by atoms with E-state index in [9.17, 15) is 4.79 Å². The summed E-state index contributed by atoms with van der Waals surface area (Å²) >= 11 is 6.06. The fourth-order valence-electron chi connectivity index (χ4n) is 3.85. The molecular weight excluding hydrogens is 388 g/mol. The number of nitrogens with one attached hydrogen (secondary N) is 1. The maximum Gasteiger partial charge on any atom is 0.287 e. The van der Waals surface area contributed by atoms with Gasteiger partial charge in [0.15, 0.2) is 5.76 Å². The van der Waals surface area contributed by atoms with Crippen molar-refractivity contribution in [2.75, 3.05) is 32.8 Å². The Morgan fingerprint density at radius 1 is 1.14 bits per heavy atom. The van der Waals surface area contributed by atoms with Gasteiger partial charge in [-0.25, -0.2) is 0 Å². The molecule has 0 spiro atoms. The Morgan fingerprint density at radius 2 is 1.86 bits per heavy atom. The first-order chi connectivity index (χ1) is 14.0. The lowest BCUT2D eigenvalue weighted by Crippen LogP contribution is -2.43. The minimum atomic E-state index is -0.191. The van der Waals surface area contributed by atoms with Gasteiger partial charge >= 0.3 is 0 Å². The summed E-state index contributed by atoms with van der Waals surface area (Å²) in [5, 5.41) is 4.76. The van der Waals surface area contributed by atoms with Gasteiger partial charge in [0, 0.05) is 35.6 Å². The van der Waals surface area contributed by atoms with Crippen molar-refractivity contribution in [2.45, 2.75) is 19.9 Å². The monoisotopic (exact) mass is 412 g/mol. The van der Waals surface area contributed by atoms with E-state index in [0.29, 0.717) is 30.5 Å². The molecule has 29 heavy (non-hydrogen) atoms. The molecule has 1 fully saturated rings. The van der Waals surface area contributed by atoms with E-state index >= 15 is 0 Å². The summed E-state index contributed by atoms with van der Waals surface area (Å²) in [6, 6.07) is 13.8. The molecule has 3 aromatic rings. The number of ether oxygens (including phenoxy) is 1. The second kappa shape index (κ2) is 8.57. The van der Waals surface area contributed by atoms with Crippen LogP contribution in [0.5, 0.6) is 0 Å². The SMILES string of the molecule is Cc1ccc2oc(C(=O)NC[C@@H](c3ccc(Cl)cc3)N3CCOCC3)c(C)c2c1. The average molecular weight is 413 g/mol. The molecule has 1 N–H and O–H groups in total. The summed E-state index contributed by atoms with van der Waals surface area (Å²) in [5.41, 5.74) is 3.87. The molecule has 1 aromatic heterocycles. The van der Waals surface area contributed by atoms with Crippen LogP contribution in [0, 0.1) is 13.8 Å². The lowest BCUT2D eigenvalue weighted by atomic mass is 10.0. The fraction of sp³-hybridized carbons (Fsp3) is 0.348. The minimum absolute atomic E-state index is 0.0482. The zero-order chi connectivity index (χ0) is 20.4. The number of carbonyl (C=O) groups excluding carboxylic acids is 1. The molecule has 5 nitrogen and oxygen atoms in total. The van der Waals surface area contributed by atoms with E-state index in [1.807, 2.05) is 50.2 Å². The number of carbonyl (C=O) groups is 1. The number of morpholine rings is 1. The van der Waals surface area contributed by atoms with Crippen molar-refractivity contribution in [1.82, 2.24) is 10.2 Å². The van der Waals surface area contributed by atoms with Gasteiger partial charge in [0.1, 0.15) is 5.58 Å². The fourth-order valence-corrected chi connectivity index (χ4v) is 3.98. The molecule has 0 unspecified atom stereocenters. The number of furan rings is 1. The van der Waals surface area contributed by atoms with Crippen LogP contribution in [0.4, 0.5) is 0 Å². The molecule has 1 aliphatic rings. The number of amides is 1. The number of rotatable bonds is 5. The summed E-state index contributed by atoms with van der Waals surface area (Å²) < 4.78 is 11.3. The normalized spacial score (nSPS) is 16.1. The van der Waals surface area contributed by atoms with Crippen LogP contribution in [0.2, 0.25) is 5.02 Å². The van der Waals surface area contributed by atoms with E-state index in [0.717, 1.165) is 40.7 Å². The van der Waals surface area contributed by atoms with Gasteiger partial charge in [-0.2, -0.15) is 0 Å². The predicted octanol–water partition coefficient (Wildman–Crippen LogP) is 4.51. The second-order valence-corrected chi connectivity index (χ2v) is 7.92. The number of aryl methyl sites for hydroxylation is 2. The standard InChI is InChI=1S/C23H25ClN2O3/c1-15-3-8-21-19(13-15)16(2)22(29-21)23(27)25-14-20(26-9-11-28-12-10-26)17-4-6-18(24)7-5-17/h3-8,13,20H,9-12,14H2,1-2H3,(H,25,27)/t20-/m0/s1. The minimum Gasteiger partial charge on any atom is -0.451 e. The van der Waals surface area contributed by atoms with E-state index in [-0.39, 0.29) is 11.9 Å². The zero-order valence-electron chi connectivity index (χ0n) is 16.7. The van der Waals surface area contributed by atoms with Gasteiger partial charge in [-0.3, -0.25) is 9.69 Å². The molecule has 4 rings (SSSR count). The van der Waals surface area contributed by atoms with E-state index in [1.54, 1.807) is 0 Å². The van der Waals surface area contributed by atoms with Gasteiger partial charge in [-0.1, -0.05) is 35.4 Å². The Labute approximate surface area is 175 Å². The summed E-state index contributed by atoms with van der Waals surface area (Å²) in [4.78, 5) is 15.3. The highest BCUT2D eigenvalue weighted by Crippen LogP contribution is 2.27. The number of hydrogen-bond donors (Lipinski definition) is 1. The zero-order valence-corrected chi connectivity index (χ0v) is 17.5. The van der Waals surface area contributed by atoms with Crippen LogP contribution >= 0.6 is 11.6 Å². The molecule has 0 aliphatic carbocycles. The molecule has 152 valence electrons. The van der Waals surface area contributed by atoms with Crippen LogP contribution in [-0.2, 0) is 4.74 Å². The van der Waals surface area contributed by atoms with Crippen molar-refractivity contribution in [1.29, 1.82) is 0 Å². The first kappa shape index (κ1) is 20.0. The molecule has 2 heterocycles. The third-order valence-corrected chi connectivity index (χ3v) is 5.75. The van der Waals surface area contributed by atoms with E-state index in [1.165, 1.54) is 0 Å². The second-order valence-electron chi connectivity index (χ2n) is 7.48. The third-order valence-electron chi connectivity index (χ3n) is 5.50. The summed E-state index contributed by atoms with van der Waals surface area (Å²) in [6.07, 6.45) is 0. The summed E-state index contributed by atoms with van der Waals surface area (Å²) in [7, 11) is 0. The number of hydrogen-bond acceptors (Lipinski definition) is 4. The molecule has 0 bridgehead atoms. The van der Waals surface area contributed by atoms with Gasteiger partial charge in [0.25, 0.3) is 5.91 Å². The van der Waals surface area contributed by atoms with Crippen LogP contribution in [-0.4, -0.2) is 43.7 Å². The highest BCUT2D eigenvalue weighted by atomic mass is 35.5. The summed E-state index contributed by atoms with van der Waals surface area (Å²) in [5.74, 6) is 0.186. The number of benzene rings is 2. The van der Waals surface area contributed by atoms with Crippen LogP contribution in [0.3, 0.4) is 0 Å². The van der Waals surface area contributed by atoms with Crippen LogP contribution in [0.1, 0.15) is 33.3 Å². The lowest BCUT2D eigenvalue weighted by molar-refractivity contribution is 0.0161. The van der Waals surface area contributed by atoms with Crippen molar-refractivity contribution < 1.29 is 13.9 Å². The molecule has 0 radical (unpaired) electrons. The molecule has 1 aliphatic heterocycles. The molecule has 0 saturated carbocycles. The summed E-state index contributed by atoms with van der Waals surface area (Å²) in [6.45, 7) is 7.48. The molecule has 6 heteroatoms. The van der Waals surface area contributed by atoms with Gasteiger partial charge in [0.05, 0.1) is 19.3 Å². The van der Waals surface area contributed by atoms with Gasteiger partial charge in [0.2, 0.25) is 0 Å². The molecule has 2 aromatic carbocycles. The van der Waals surface area contributed by atoms with Crippen molar-refractivity contribution in [2.24, 2.45) is 0 Å². The number of halogens is 1. The van der Waals surface area contributed by atoms with Crippen LogP contribution < -0.4 is 5.32 Å². The Balaban J connectivity index is 1.54. The highest BCUT2D eigenvalue weighted by molar-refractivity contribution is 6.30. The highest BCUT2D eigenvalue weighted by Gasteiger charge is 2.25. The first-order valence-corrected chi connectivity index (χ1v) is 10.3. The van der Waals surface area contributed by atoms with Crippen molar-refractivity contribution in [3.8, 4) is 0 Å². The molecule has 1 amide bonds. The molecular formula is C23H25ClN2O3. The van der Waals surface area contributed by atoms with Crippen LogP contribution in [0.25, 0.3) is 11.0 Å².